The number of hydrogen-bond donors (Lipinski definition) is 0. The van der Waals surface area contributed by atoms with E-state index < -0.39 is 16.4 Å². The van der Waals surface area contributed by atoms with Gasteiger partial charge in [0.15, 0.2) is 0 Å². The molecule has 0 aliphatic rings. The van der Waals surface area contributed by atoms with Crippen molar-refractivity contribution in [2.45, 2.75) is 0 Å². The fourth-order valence-electron chi connectivity index (χ4n) is 1.46. The zero-order valence-electron chi connectivity index (χ0n) is 9.87. The number of benzene rings is 1. The third-order valence-corrected chi connectivity index (χ3v) is 2.28. The molecule has 1 aromatic heterocycles. The van der Waals surface area contributed by atoms with Crippen LogP contribution in [0.4, 0.5) is 10.1 Å². The molecule has 0 bridgehead atoms. The highest BCUT2D eigenvalue weighted by Crippen LogP contribution is 2.36. The molecule has 0 radical (unpaired) electrons. The van der Waals surface area contributed by atoms with Crippen molar-refractivity contribution in [3.05, 3.63) is 52.6 Å². The average molecular weight is 264 g/mol. The van der Waals surface area contributed by atoms with Crippen LogP contribution in [-0.2, 0) is 0 Å². The van der Waals surface area contributed by atoms with Gasteiger partial charge in [0.25, 0.3) is 0 Å². The Morgan fingerprint density at radius 2 is 2.16 bits per heavy atom. The van der Waals surface area contributed by atoms with Crippen LogP contribution in [0.15, 0.2) is 36.7 Å². The van der Waals surface area contributed by atoms with Crippen molar-refractivity contribution in [2.24, 2.45) is 0 Å². The van der Waals surface area contributed by atoms with Crippen LogP contribution in [0.1, 0.15) is 0 Å². The first-order valence-corrected chi connectivity index (χ1v) is 5.21. The van der Waals surface area contributed by atoms with Crippen LogP contribution < -0.4 is 9.47 Å². The monoisotopic (exact) mass is 264 g/mol. The average Bonchev–Trinajstić information content (AvgIpc) is 2.38. The summed E-state index contributed by atoms with van der Waals surface area (Å²) < 4.78 is 23.8. The van der Waals surface area contributed by atoms with Crippen molar-refractivity contribution in [2.75, 3.05) is 7.11 Å². The molecule has 0 spiro atoms. The minimum absolute atomic E-state index is 0.127. The molecule has 0 aliphatic heterocycles. The second-order valence-corrected chi connectivity index (χ2v) is 3.50. The summed E-state index contributed by atoms with van der Waals surface area (Å²) in [4.78, 5) is 13.8. The summed E-state index contributed by atoms with van der Waals surface area (Å²) in [5.41, 5.74) is -0.746. The Labute approximate surface area is 107 Å². The van der Waals surface area contributed by atoms with Crippen molar-refractivity contribution in [1.82, 2.24) is 4.98 Å². The molecule has 0 aliphatic carbocycles. The van der Waals surface area contributed by atoms with E-state index in [4.69, 9.17) is 9.47 Å². The number of rotatable bonds is 4. The lowest BCUT2D eigenvalue weighted by Crippen LogP contribution is -1.98. The lowest BCUT2D eigenvalue weighted by Gasteiger charge is -2.08. The van der Waals surface area contributed by atoms with Gasteiger partial charge >= 0.3 is 5.69 Å². The van der Waals surface area contributed by atoms with Crippen LogP contribution in [0, 0.1) is 15.9 Å². The van der Waals surface area contributed by atoms with Crippen molar-refractivity contribution >= 4 is 5.69 Å². The van der Waals surface area contributed by atoms with Crippen LogP contribution in [0.3, 0.4) is 0 Å². The van der Waals surface area contributed by atoms with Gasteiger partial charge in [-0.3, -0.25) is 15.1 Å². The van der Waals surface area contributed by atoms with Crippen molar-refractivity contribution < 1.29 is 18.8 Å². The third kappa shape index (κ3) is 2.76. The molecule has 2 rings (SSSR count). The molecular weight excluding hydrogens is 255 g/mol. The Morgan fingerprint density at radius 1 is 1.37 bits per heavy atom. The van der Waals surface area contributed by atoms with Crippen LogP contribution in [0.5, 0.6) is 17.2 Å². The summed E-state index contributed by atoms with van der Waals surface area (Å²) in [6, 6.07) is 5.31. The fourth-order valence-corrected chi connectivity index (χ4v) is 1.46. The Bertz CT molecular complexity index is 604. The lowest BCUT2D eigenvalue weighted by molar-refractivity contribution is -0.388. The highest BCUT2D eigenvalue weighted by Gasteiger charge is 2.24. The largest absolute Gasteiger partial charge is 0.497 e. The van der Waals surface area contributed by atoms with Crippen molar-refractivity contribution in [1.29, 1.82) is 0 Å². The van der Waals surface area contributed by atoms with Gasteiger partial charge in [0.2, 0.25) is 11.6 Å². The van der Waals surface area contributed by atoms with E-state index in [1.54, 1.807) is 12.1 Å². The van der Waals surface area contributed by atoms with E-state index >= 15 is 0 Å². The molecule has 0 atom stereocenters. The molecular formula is C12H9FN2O4. The van der Waals surface area contributed by atoms with E-state index in [0.717, 1.165) is 6.07 Å². The van der Waals surface area contributed by atoms with Crippen LogP contribution in [0.25, 0.3) is 0 Å². The standard InChI is InChI=1S/C12H9FN2O4/c1-18-9-5-10(13)12(15(16)17)11(6-9)19-8-3-2-4-14-7-8/h2-7H,1H3. The summed E-state index contributed by atoms with van der Waals surface area (Å²) in [6.45, 7) is 0. The molecule has 1 aromatic carbocycles. The van der Waals surface area contributed by atoms with Crippen LogP contribution in [-0.4, -0.2) is 17.0 Å². The first kappa shape index (κ1) is 12.7. The second kappa shape index (κ2) is 5.30. The molecule has 0 unspecified atom stereocenters. The predicted octanol–water partition coefficient (Wildman–Crippen LogP) is 2.93. The minimum atomic E-state index is -1.02. The SMILES string of the molecule is COc1cc(F)c([N+](=O)[O-])c(Oc2cccnc2)c1. The summed E-state index contributed by atoms with van der Waals surface area (Å²) in [5.74, 6) is -0.877. The normalized spacial score (nSPS) is 10.0. The van der Waals surface area contributed by atoms with Gasteiger partial charge in [0.05, 0.1) is 18.2 Å². The van der Waals surface area contributed by atoms with Gasteiger partial charge in [-0.2, -0.15) is 4.39 Å². The van der Waals surface area contributed by atoms with E-state index in [9.17, 15) is 14.5 Å². The molecule has 0 N–H and O–H groups in total. The Balaban J connectivity index is 2.48. The number of ether oxygens (including phenoxy) is 2. The fraction of sp³-hybridized carbons (Fsp3) is 0.0833. The predicted molar refractivity (Wildman–Crippen MR) is 63.9 cm³/mol. The Morgan fingerprint density at radius 3 is 2.74 bits per heavy atom. The first-order chi connectivity index (χ1) is 9.11. The van der Waals surface area contributed by atoms with E-state index in [0.29, 0.717) is 0 Å². The van der Waals surface area contributed by atoms with Gasteiger partial charge < -0.3 is 9.47 Å². The number of nitro groups is 1. The maximum Gasteiger partial charge on any atom is 0.347 e. The lowest BCUT2D eigenvalue weighted by atomic mass is 10.2. The number of nitro benzene ring substituents is 1. The van der Waals surface area contributed by atoms with Crippen molar-refractivity contribution in [3.63, 3.8) is 0 Å². The van der Waals surface area contributed by atoms with Crippen LogP contribution in [0.2, 0.25) is 0 Å². The van der Waals surface area contributed by atoms with E-state index in [2.05, 4.69) is 4.98 Å². The number of pyridine rings is 1. The minimum Gasteiger partial charge on any atom is -0.497 e. The van der Waals surface area contributed by atoms with Gasteiger partial charge in [-0.1, -0.05) is 0 Å². The highest BCUT2D eigenvalue weighted by atomic mass is 19.1. The van der Waals surface area contributed by atoms with Gasteiger partial charge in [-0.25, -0.2) is 0 Å². The molecule has 0 amide bonds. The maximum absolute atomic E-state index is 13.6. The molecule has 2 aromatic rings. The van der Waals surface area contributed by atoms with Crippen molar-refractivity contribution in [3.8, 4) is 17.2 Å². The molecule has 1 heterocycles. The van der Waals surface area contributed by atoms with E-state index in [-0.39, 0.29) is 17.2 Å². The smallest absolute Gasteiger partial charge is 0.347 e. The quantitative estimate of drug-likeness (QED) is 0.627. The molecule has 6 nitrogen and oxygen atoms in total. The maximum atomic E-state index is 13.6. The van der Waals surface area contributed by atoms with Crippen LogP contribution >= 0.6 is 0 Å². The van der Waals surface area contributed by atoms with E-state index in [1.807, 2.05) is 0 Å². The summed E-state index contributed by atoms with van der Waals surface area (Å²) >= 11 is 0. The molecule has 19 heavy (non-hydrogen) atoms. The highest BCUT2D eigenvalue weighted by molar-refractivity contribution is 5.53. The van der Waals surface area contributed by atoms with E-state index in [1.165, 1.54) is 25.6 Å². The second-order valence-electron chi connectivity index (χ2n) is 3.50. The number of nitrogens with zero attached hydrogens (tertiary/aromatic N) is 2. The summed E-state index contributed by atoms with van der Waals surface area (Å²) in [6.07, 6.45) is 2.88. The number of methoxy groups -OCH3 is 1. The number of hydrogen-bond acceptors (Lipinski definition) is 5. The number of aromatic nitrogens is 1. The Hall–Kier alpha value is -2.70. The zero-order chi connectivity index (χ0) is 13.8. The molecule has 0 saturated heterocycles. The van der Waals surface area contributed by atoms with Gasteiger partial charge in [0.1, 0.15) is 11.5 Å². The third-order valence-electron chi connectivity index (χ3n) is 2.28. The summed E-state index contributed by atoms with van der Waals surface area (Å²) in [7, 11) is 1.33. The van der Waals surface area contributed by atoms with Gasteiger partial charge in [-0.15, -0.1) is 0 Å². The molecule has 0 saturated carbocycles. The molecule has 98 valence electrons. The zero-order valence-corrected chi connectivity index (χ0v) is 9.87. The topological polar surface area (TPSA) is 74.5 Å². The molecule has 7 heteroatoms. The van der Waals surface area contributed by atoms with Gasteiger partial charge in [-0.05, 0) is 12.1 Å². The molecule has 0 fully saturated rings. The van der Waals surface area contributed by atoms with Gasteiger partial charge in [0, 0.05) is 18.3 Å². The first-order valence-electron chi connectivity index (χ1n) is 5.21. The number of halogens is 1. The summed E-state index contributed by atoms with van der Waals surface area (Å²) in [5, 5.41) is 10.9. The Kier molecular flexibility index (Phi) is 3.56.